The van der Waals surface area contributed by atoms with Crippen LogP contribution in [0.4, 0.5) is 0 Å². The van der Waals surface area contributed by atoms with E-state index < -0.39 is 13.9 Å². The molecule has 0 aromatic carbocycles. The molecule has 0 radical (unpaired) electrons. The van der Waals surface area contributed by atoms with Gasteiger partial charge in [0.05, 0.1) is 11.7 Å². The normalized spacial score (nSPS) is 41.8. The molecule has 2 fully saturated rings. The first-order chi connectivity index (χ1) is 11.0. The van der Waals surface area contributed by atoms with Gasteiger partial charge in [0.1, 0.15) is 0 Å². The molecule has 0 aromatic heterocycles. The van der Waals surface area contributed by atoms with E-state index in [0.717, 1.165) is 44.1 Å². The molecule has 0 amide bonds. The van der Waals surface area contributed by atoms with Crippen LogP contribution in [0.2, 0.25) is 18.1 Å². The van der Waals surface area contributed by atoms with Crippen molar-refractivity contribution < 1.29 is 14.3 Å². The third-order valence-corrected chi connectivity index (χ3v) is 12.6. The van der Waals surface area contributed by atoms with E-state index in [1.165, 1.54) is 5.57 Å². The van der Waals surface area contributed by atoms with Crippen LogP contribution in [-0.2, 0) is 9.22 Å². The predicted octanol–water partition coefficient (Wildman–Crippen LogP) is 4.36. The average molecular weight is 349 g/mol. The Bertz CT molecular complexity index is 629. The van der Waals surface area contributed by atoms with E-state index in [1.807, 2.05) is 0 Å². The summed E-state index contributed by atoms with van der Waals surface area (Å²) in [6.07, 6.45) is 6.19. The summed E-state index contributed by atoms with van der Waals surface area (Å²) in [7, 11) is -1.90. The van der Waals surface area contributed by atoms with Crippen molar-refractivity contribution in [1.29, 1.82) is 0 Å². The zero-order valence-electron chi connectivity index (χ0n) is 15.9. The summed E-state index contributed by atoms with van der Waals surface area (Å²) >= 11 is 0. The Morgan fingerprint density at radius 1 is 1.17 bits per heavy atom. The highest BCUT2D eigenvalue weighted by molar-refractivity contribution is 6.74. The number of carbonyl (C=O) groups is 1. The van der Waals surface area contributed by atoms with E-state index in [4.69, 9.17) is 4.43 Å². The second-order valence-electron chi connectivity index (χ2n) is 10.2. The molecule has 0 unspecified atom stereocenters. The number of Topliss-reactive ketones (excluding diaryl/α,β-unsaturated/α-hetero) is 1. The Morgan fingerprint density at radius 3 is 2.54 bits per heavy atom. The molecule has 1 N–H and O–H groups in total. The zero-order chi connectivity index (χ0) is 17.5. The Labute approximate surface area is 147 Å². The molecule has 2 saturated carbocycles. The number of aliphatic hydroxyl groups is 1. The van der Waals surface area contributed by atoms with Crippen molar-refractivity contribution in [3.8, 4) is 0 Å². The van der Waals surface area contributed by atoms with Gasteiger partial charge >= 0.3 is 0 Å². The summed E-state index contributed by atoms with van der Waals surface area (Å²) in [4.78, 5) is 12.5. The molecule has 4 rings (SSSR count). The van der Waals surface area contributed by atoms with Gasteiger partial charge in [0.2, 0.25) is 0 Å². The van der Waals surface area contributed by atoms with Crippen LogP contribution in [-0.4, -0.2) is 30.9 Å². The van der Waals surface area contributed by atoms with Crippen molar-refractivity contribution in [1.82, 2.24) is 0 Å². The van der Waals surface area contributed by atoms with Crippen LogP contribution in [0.3, 0.4) is 0 Å². The van der Waals surface area contributed by atoms with E-state index >= 15 is 0 Å². The Kier molecular flexibility index (Phi) is 3.42. The molecular formula is C20H32O3Si. The minimum atomic E-state index is -1.90. The average Bonchev–Trinajstić information content (AvgIpc) is 3.06. The molecule has 4 heteroatoms. The topological polar surface area (TPSA) is 46.5 Å². The van der Waals surface area contributed by atoms with Gasteiger partial charge in [-0.15, -0.1) is 0 Å². The van der Waals surface area contributed by atoms with Gasteiger partial charge in [0, 0.05) is 11.8 Å². The molecule has 0 bridgehead atoms. The Morgan fingerprint density at radius 2 is 1.88 bits per heavy atom. The summed E-state index contributed by atoms with van der Waals surface area (Å²) < 4.78 is 6.90. The first-order valence-electron chi connectivity index (χ1n) is 9.69. The Hall–Kier alpha value is -0.453. The van der Waals surface area contributed by atoms with Crippen LogP contribution in [0.15, 0.2) is 11.1 Å². The maximum atomic E-state index is 12.5. The second-order valence-corrected chi connectivity index (χ2v) is 14.9. The van der Waals surface area contributed by atoms with Crippen LogP contribution in [0.25, 0.3) is 0 Å². The first-order valence-corrected chi connectivity index (χ1v) is 12.6. The third kappa shape index (κ3) is 1.94. The molecular weight excluding hydrogens is 316 g/mol. The van der Waals surface area contributed by atoms with Crippen molar-refractivity contribution in [3.05, 3.63) is 11.1 Å². The summed E-state index contributed by atoms with van der Waals surface area (Å²) in [6, 6.07) is 0. The van der Waals surface area contributed by atoms with Crippen molar-refractivity contribution in [2.45, 2.75) is 95.6 Å². The molecule has 4 aliphatic carbocycles. The largest absolute Gasteiger partial charge is 0.413 e. The molecule has 0 heterocycles. The van der Waals surface area contributed by atoms with Crippen molar-refractivity contribution >= 4 is 14.1 Å². The van der Waals surface area contributed by atoms with Crippen molar-refractivity contribution in [3.63, 3.8) is 0 Å². The molecule has 4 atom stereocenters. The molecule has 4 aliphatic rings. The highest BCUT2D eigenvalue weighted by Crippen LogP contribution is 2.69. The zero-order valence-corrected chi connectivity index (χ0v) is 16.9. The van der Waals surface area contributed by atoms with Gasteiger partial charge in [0.15, 0.2) is 14.1 Å². The maximum Gasteiger partial charge on any atom is 0.192 e. The van der Waals surface area contributed by atoms with Gasteiger partial charge in [-0.2, -0.15) is 0 Å². The van der Waals surface area contributed by atoms with Gasteiger partial charge in [-0.1, -0.05) is 20.8 Å². The van der Waals surface area contributed by atoms with Gasteiger partial charge < -0.3 is 9.53 Å². The van der Waals surface area contributed by atoms with Gasteiger partial charge in [-0.05, 0) is 73.7 Å². The fourth-order valence-electron chi connectivity index (χ4n) is 5.86. The monoisotopic (exact) mass is 348 g/mol. The molecule has 0 aliphatic heterocycles. The number of rotatable bonds is 2. The lowest BCUT2D eigenvalue weighted by Crippen LogP contribution is -2.55. The van der Waals surface area contributed by atoms with E-state index in [2.05, 4.69) is 33.9 Å². The number of carbonyl (C=O) groups excluding carboxylic acids is 1. The maximum absolute atomic E-state index is 12.5. The van der Waals surface area contributed by atoms with Crippen LogP contribution in [0.5, 0.6) is 0 Å². The SMILES string of the molecule is CC(C)(C)[Si](C)(C)O[C@H]1CC[C@@]2(O)CCC3=C4[C@@H](CC[C@]412)CC3=O. The quantitative estimate of drug-likeness (QED) is 0.754. The van der Waals surface area contributed by atoms with E-state index in [1.54, 1.807) is 0 Å². The summed E-state index contributed by atoms with van der Waals surface area (Å²) in [5.74, 6) is 0.747. The molecule has 0 saturated heterocycles. The summed E-state index contributed by atoms with van der Waals surface area (Å²) in [5, 5.41) is 11.7. The van der Waals surface area contributed by atoms with Crippen LogP contribution >= 0.6 is 0 Å². The minimum absolute atomic E-state index is 0.101. The first kappa shape index (κ1) is 17.0. The molecule has 3 nitrogen and oxygen atoms in total. The van der Waals surface area contributed by atoms with E-state index in [0.29, 0.717) is 18.1 Å². The predicted molar refractivity (Wildman–Crippen MR) is 97.3 cm³/mol. The van der Waals surface area contributed by atoms with Crippen LogP contribution < -0.4 is 0 Å². The standard InChI is InChI=1S/C20H32O3Si/c1-18(2,3)24(4,5)23-16-8-10-19(22)9-7-14-15(21)12-13-6-11-20(16,19)17(13)14/h13,16,22H,6-12H2,1-5H3/t13-,16-,19-,20+/m0/s1. The van der Waals surface area contributed by atoms with E-state index in [-0.39, 0.29) is 16.6 Å². The lowest BCUT2D eigenvalue weighted by atomic mass is 9.62. The lowest BCUT2D eigenvalue weighted by molar-refractivity contribution is -0.116. The smallest absolute Gasteiger partial charge is 0.192 e. The van der Waals surface area contributed by atoms with Gasteiger partial charge in [0.25, 0.3) is 0 Å². The van der Waals surface area contributed by atoms with E-state index in [9.17, 15) is 9.90 Å². The van der Waals surface area contributed by atoms with Gasteiger partial charge in [-0.25, -0.2) is 0 Å². The fourth-order valence-corrected chi connectivity index (χ4v) is 7.25. The van der Waals surface area contributed by atoms with Gasteiger partial charge in [-0.3, -0.25) is 4.79 Å². The van der Waals surface area contributed by atoms with Crippen LogP contribution in [0, 0.1) is 11.3 Å². The number of ketones is 1. The van der Waals surface area contributed by atoms with Crippen molar-refractivity contribution in [2.75, 3.05) is 0 Å². The fraction of sp³-hybridized carbons (Fsp3) is 0.850. The molecule has 24 heavy (non-hydrogen) atoms. The summed E-state index contributed by atoms with van der Waals surface area (Å²) in [6.45, 7) is 11.5. The molecule has 1 spiro atoms. The lowest BCUT2D eigenvalue weighted by Gasteiger charge is -2.50. The Balaban J connectivity index is 1.78. The minimum Gasteiger partial charge on any atom is -0.413 e. The third-order valence-electron chi connectivity index (χ3n) is 8.10. The molecule has 134 valence electrons. The number of allylic oxidation sites excluding steroid dienone is 1. The number of hydrogen-bond donors (Lipinski definition) is 1. The van der Waals surface area contributed by atoms with Crippen LogP contribution in [0.1, 0.15) is 65.7 Å². The number of hydrogen-bond acceptors (Lipinski definition) is 3. The highest BCUT2D eigenvalue weighted by Gasteiger charge is 2.69. The highest BCUT2D eigenvalue weighted by atomic mass is 28.4. The second kappa shape index (κ2) is 4.83. The molecule has 0 aromatic rings. The summed E-state index contributed by atoms with van der Waals surface area (Å²) in [5.41, 5.74) is 1.51. The van der Waals surface area contributed by atoms with Crippen molar-refractivity contribution in [2.24, 2.45) is 11.3 Å².